The van der Waals surface area contributed by atoms with Crippen molar-refractivity contribution in [3.05, 3.63) is 35.4 Å². The number of thioether (sulfide) groups is 1. The van der Waals surface area contributed by atoms with Gasteiger partial charge in [0.05, 0.1) is 6.04 Å². The Bertz CT molecular complexity index is 765. The molecule has 7 nitrogen and oxygen atoms in total. The molecule has 1 aliphatic heterocycles. The molecule has 0 radical (unpaired) electrons. The monoisotopic (exact) mass is 496 g/mol. The largest absolute Gasteiger partial charge is 0.480 e. The average Bonchev–Trinajstić information content (AvgIpc) is 2.79. The van der Waals surface area contributed by atoms with Crippen LogP contribution in [0, 0.1) is 5.92 Å². The molecule has 9 heteroatoms. The summed E-state index contributed by atoms with van der Waals surface area (Å²) in [4.78, 5) is 27.2. The summed E-state index contributed by atoms with van der Waals surface area (Å²) in [5, 5.41) is 16.0. The second kappa shape index (κ2) is 14.2. The van der Waals surface area contributed by atoms with E-state index in [2.05, 4.69) is 54.1 Å². The highest BCUT2D eigenvalue weighted by Crippen LogP contribution is 2.25. The Labute approximate surface area is 208 Å². The predicted molar refractivity (Wildman–Crippen MR) is 140 cm³/mol. The van der Waals surface area contributed by atoms with Gasteiger partial charge in [0, 0.05) is 30.9 Å². The number of carbonyl (C=O) groups is 2. The number of amides is 1. The van der Waals surface area contributed by atoms with Gasteiger partial charge in [0.15, 0.2) is 0 Å². The normalized spacial score (nSPS) is 19.0. The highest BCUT2D eigenvalue weighted by atomic mass is 32.2. The lowest BCUT2D eigenvalue weighted by Crippen LogP contribution is -2.57. The topological polar surface area (TPSA) is 108 Å². The Balaban J connectivity index is 2.17. The summed E-state index contributed by atoms with van der Waals surface area (Å²) in [6.45, 7) is 6.50. The van der Waals surface area contributed by atoms with Crippen molar-refractivity contribution < 1.29 is 14.7 Å². The van der Waals surface area contributed by atoms with Gasteiger partial charge in [0.25, 0.3) is 0 Å². The summed E-state index contributed by atoms with van der Waals surface area (Å²) < 4.78 is 0. The van der Waals surface area contributed by atoms with Crippen LogP contribution in [0.4, 0.5) is 0 Å². The van der Waals surface area contributed by atoms with Crippen LogP contribution in [0.2, 0.25) is 0 Å². The molecule has 4 unspecified atom stereocenters. The minimum atomic E-state index is -0.984. The number of hydrogen-bond donors (Lipinski definition) is 5. The van der Waals surface area contributed by atoms with Crippen LogP contribution in [0.25, 0.3) is 0 Å². The predicted octanol–water partition coefficient (Wildman–Crippen LogP) is 2.00. The highest BCUT2D eigenvalue weighted by molar-refractivity contribution is 7.98. The first-order valence-corrected chi connectivity index (χ1v) is 13.7. The van der Waals surface area contributed by atoms with Crippen molar-refractivity contribution in [1.29, 1.82) is 0 Å². The fourth-order valence-electron chi connectivity index (χ4n) is 4.10. The molecule has 1 aliphatic rings. The zero-order valence-electron chi connectivity index (χ0n) is 20.0. The van der Waals surface area contributed by atoms with E-state index in [0.29, 0.717) is 43.4 Å². The van der Waals surface area contributed by atoms with E-state index in [0.717, 1.165) is 18.5 Å². The van der Waals surface area contributed by atoms with Gasteiger partial charge in [-0.1, -0.05) is 38.1 Å². The maximum absolute atomic E-state index is 13.3. The van der Waals surface area contributed by atoms with Crippen LogP contribution in [0.5, 0.6) is 0 Å². The van der Waals surface area contributed by atoms with Crippen LogP contribution in [-0.4, -0.2) is 76.9 Å². The average molecular weight is 497 g/mol. The number of nitrogens with zero attached hydrogens (tertiary/aromatic N) is 1. The molecule has 0 spiro atoms. The van der Waals surface area contributed by atoms with Gasteiger partial charge in [-0.05, 0) is 54.9 Å². The van der Waals surface area contributed by atoms with Gasteiger partial charge in [-0.3, -0.25) is 9.69 Å². The van der Waals surface area contributed by atoms with E-state index in [-0.39, 0.29) is 18.0 Å². The van der Waals surface area contributed by atoms with E-state index in [1.54, 1.807) is 11.8 Å². The Morgan fingerprint density at radius 3 is 2.58 bits per heavy atom. The van der Waals surface area contributed by atoms with Crippen molar-refractivity contribution in [3.8, 4) is 0 Å². The number of fused-ring (bicyclic) bond motifs is 1. The molecule has 186 valence electrons. The molecule has 1 amide bonds. The summed E-state index contributed by atoms with van der Waals surface area (Å²) in [6.07, 6.45) is 3.76. The number of aliphatic carboxylic acids is 1. The number of carboxylic acid groups (broad SMARTS) is 1. The molecule has 5 N–H and O–H groups in total. The minimum Gasteiger partial charge on any atom is -0.480 e. The number of nitrogens with one attached hydrogen (secondary N) is 2. The summed E-state index contributed by atoms with van der Waals surface area (Å²) in [6, 6.07) is 7.16. The van der Waals surface area contributed by atoms with E-state index < -0.39 is 18.1 Å². The van der Waals surface area contributed by atoms with Gasteiger partial charge < -0.3 is 21.5 Å². The molecular formula is C24H40N4O3S2. The number of hydrogen-bond acceptors (Lipinski definition) is 7. The first-order valence-electron chi connectivity index (χ1n) is 11.7. The van der Waals surface area contributed by atoms with Gasteiger partial charge in [0.2, 0.25) is 5.91 Å². The Kier molecular flexibility index (Phi) is 12.0. The fraction of sp³-hybridized carbons (Fsp3) is 0.667. The van der Waals surface area contributed by atoms with Gasteiger partial charge in [-0.15, -0.1) is 0 Å². The SMILES string of the molecule is CSCCC(NC(=O)C1Cc2ccccc2CN1CC(NCCC(N)CS)C(C)C)C(=O)O. The van der Waals surface area contributed by atoms with Gasteiger partial charge in [0.1, 0.15) is 6.04 Å². The number of thiol groups is 1. The third kappa shape index (κ3) is 8.79. The van der Waals surface area contributed by atoms with E-state index >= 15 is 0 Å². The van der Waals surface area contributed by atoms with E-state index in [1.165, 1.54) is 5.56 Å². The van der Waals surface area contributed by atoms with E-state index in [1.807, 2.05) is 18.4 Å². The first kappa shape index (κ1) is 28.0. The standard InChI is InChI=1S/C24H40N4O3S2/c1-16(2)21(26-10-8-19(25)15-32)14-28-13-18-7-5-4-6-17(18)12-22(28)23(29)27-20(24(30)31)9-11-33-3/h4-7,16,19-22,26,32H,8-15,25H2,1-3H3,(H,27,29)(H,30,31). The molecule has 0 aliphatic carbocycles. The van der Waals surface area contributed by atoms with Crippen LogP contribution in [0.1, 0.15) is 37.8 Å². The molecule has 0 aromatic heterocycles. The van der Waals surface area contributed by atoms with Crippen LogP contribution >= 0.6 is 24.4 Å². The lowest BCUT2D eigenvalue weighted by atomic mass is 9.91. The summed E-state index contributed by atoms with van der Waals surface area (Å²) in [5.41, 5.74) is 8.38. The zero-order valence-corrected chi connectivity index (χ0v) is 21.7. The minimum absolute atomic E-state index is 0.0586. The summed E-state index contributed by atoms with van der Waals surface area (Å²) in [7, 11) is 0. The number of nitrogens with two attached hydrogens (primary N) is 1. The second-order valence-electron chi connectivity index (χ2n) is 9.13. The number of carbonyl (C=O) groups excluding carboxylic acids is 1. The van der Waals surface area contributed by atoms with E-state index in [4.69, 9.17) is 5.73 Å². The van der Waals surface area contributed by atoms with Crippen LogP contribution < -0.4 is 16.4 Å². The fourth-order valence-corrected chi connectivity index (χ4v) is 4.75. The summed E-state index contributed by atoms with van der Waals surface area (Å²) in [5.74, 6) is 0.509. The quantitative estimate of drug-likeness (QED) is 0.251. The molecule has 2 rings (SSSR count). The van der Waals surface area contributed by atoms with Crippen molar-refractivity contribution in [2.45, 2.75) is 63.8 Å². The smallest absolute Gasteiger partial charge is 0.326 e. The van der Waals surface area contributed by atoms with Crippen LogP contribution in [-0.2, 0) is 22.6 Å². The van der Waals surface area contributed by atoms with Gasteiger partial charge in [-0.2, -0.15) is 24.4 Å². The molecule has 0 saturated carbocycles. The molecule has 1 heterocycles. The van der Waals surface area contributed by atoms with Gasteiger partial charge >= 0.3 is 5.97 Å². The highest BCUT2D eigenvalue weighted by Gasteiger charge is 2.35. The molecule has 0 fully saturated rings. The number of carboxylic acids is 1. The van der Waals surface area contributed by atoms with Crippen LogP contribution in [0.15, 0.2) is 24.3 Å². The second-order valence-corrected chi connectivity index (χ2v) is 10.5. The van der Waals surface area contributed by atoms with Crippen molar-refractivity contribution in [3.63, 3.8) is 0 Å². The molecule has 0 saturated heterocycles. The molecule has 1 aromatic carbocycles. The summed E-state index contributed by atoms with van der Waals surface area (Å²) >= 11 is 5.84. The number of benzene rings is 1. The maximum Gasteiger partial charge on any atom is 0.326 e. The van der Waals surface area contributed by atoms with Crippen molar-refractivity contribution >= 4 is 36.3 Å². The molecule has 1 aromatic rings. The first-order chi connectivity index (χ1) is 15.8. The Morgan fingerprint density at radius 2 is 1.97 bits per heavy atom. The van der Waals surface area contributed by atoms with Gasteiger partial charge in [-0.25, -0.2) is 4.79 Å². The third-order valence-electron chi connectivity index (χ3n) is 6.27. The van der Waals surface area contributed by atoms with Crippen molar-refractivity contribution in [2.24, 2.45) is 11.7 Å². The van der Waals surface area contributed by atoms with E-state index in [9.17, 15) is 14.7 Å². The Hall–Kier alpha value is -1.26. The molecule has 33 heavy (non-hydrogen) atoms. The van der Waals surface area contributed by atoms with Crippen molar-refractivity contribution in [1.82, 2.24) is 15.5 Å². The Morgan fingerprint density at radius 1 is 1.27 bits per heavy atom. The molecule has 0 bridgehead atoms. The van der Waals surface area contributed by atoms with Crippen LogP contribution in [0.3, 0.4) is 0 Å². The molecule has 4 atom stereocenters. The lowest BCUT2D eigenvalue weighted by Gasteiger charge is -2.39. The molecular weight excluding hydrogens is 456 g/mol. The third-order valence-corrected chi connectivity index (χ3v) is 7.38. The lowest BCUT2D eigenvalue weighted by molar-refractivity contribution is -0.143. The zero-order chi connectivity index (χ0) is 24.4. The number of rotatable bonds is 14. The van der Waals surface area contributed by atoms with Crippen molar-refractivity contribution in [2.75, 3.05) is 30.9 Å². The maximum atomic E-state index is 13.3.